The molecule has 2 heterocycles. The number of hydrogen-bond acceptors (Lipinski definition) is 6. The lowest BCUT2D eigenvalue weighted by Gasteiger charge is -2.15. The van der Waals surface area contributed by atoms with E-state index in [1.54, 1.807) is 0 Å². The van der Waals surface area contributed by atoms with E-state index >= 15 is 0 Å². The van der Waals surface area contributed by atoms with Crippen molar-refractivity contribution in [1.82, 2.24) is 31.9 Å². The first-order valence-electron chi connectivity index (χ1n) is 16.7. The maximum atomic E-state index is 3.88. The molecule has 8 nitrogen and oxygen atoms in total. The van der Waals surface area contributed by atoms with E-state index in [9.17, 15) is 0 Å². The third kappa shape index (κ3) is 30.1. The summed E-state index contributed by atoms with van der Waals surface area (Å²) in [5.74, 6) is 4.08. The molecular formula is C37H70N8+2. The van der Waals surface area contributed by atoms with Crippen LogP contribution in [0.5, 0.6) is 0 Å². The van der Waals surface area contributed by atoms with Gasteiger partial charge in [0.2, 0.25) is 0 Å². The van der Waals surface area contributed by atoms with Gasteiger partial charge in [-0.3, -0.25) is 0 Å². The lowest BCUT2D eigenvalue weighted by Crippen LogP contribution is -2.36. The van der Waals surface area contributed by atoms with E-state index in [1.165, 1.54) is 6.42 Å². The van der Waals surface area contributed by atoms with E-state index in [2.05, 4.69) is 148 Å². The second-order valence-corrected chi connectivity index (χ2v) is 12.1. The quantitative estimate of drug-likeness (QED) is 0.0884. The molecule has 2 aromatic heterocycles. The fourth-order valence-corrected chi connectivity index (χ4v) is 3.41. The van der Waals surface area contributed by atoms with E-state index < -0.39 is 0 Å². The number of pyridine rings is 2. The van der Waals surface area contributed by atoms with Gasteiger partial charge in [-0.25, -0.2) is 9.13 Å². The largest absolute Gasteiger partial charge is 0.373 e. The van der Waals surface area contributed by atoms with Crippen molar-refractivity contribution in [1.29, 1.82) is 0 Å². The highest BCUT2D eigenvalue weighted by atomic mass is 15.2. The second kappa shape index (κ2) is 29.1. The van der Waals surface area contributed by atoms with Crippen LogP contribution in [0.3, 0.4) is 0 Å². The topological polar surface area (TPSA) is 79.9 Å². The minimum absolute atomic E-state index is 0.575. The summed E-state index contributed by atoms with van der Waals surface area (Å²) in [6.07, 6.45) is 10.6. The predicted octanol–water partition coefficient (Wildman–Crippen LogP) is 6.12. The second-order valence-electron chi connectivity index (χ2n) is 12.1. The van der Waals surface area contributed by atoms with Crippen LogP contribution in [-0.2, 0) is 0 Å². The summed E-state index contributed by atoms with van der Waals surface area (Å²) in [7, 11) is 0. The van der Waals surface area contributed by atoms with Gasteiger partial charge in [-0.1, -0.05) is 59.6 Å². The van der Waals surface area contributed by atoms with E-state index in [0.29, 0.717) is 24.7 Å². The van der Waals surface area contributed by atoms with Gasteiger partial charge in [0.15, 0.2) is 36.9 Å². The minimum Gasteiger partial charge on any atom is -0.373 e. The first-order chi connectivity index (χ1) is 21.3. The van der Waals surface area contributed by atoms with E-state index in [-0.39, 0.29) is 0 Å². The van der Waals surface area contributed by atoms with Crippen LogP contribution in [0, 0.1) is 11.8 Å². The molecule has 2 rings (SSSR count). The number of nitrogens with one attached hydrogen (secondary N) is 6. The standard InChI is InChI=1S/C12H26N4.C9H20N2.2C8H12N/c1-6-13-11(4)15-9-16-12(5)14-8-7-10(2)3;1-5-10-9(4)11-7-6-8(2)3;2*1-8(2)9-6-4-3-5-7-9/h10,13-16H,4-9H2,1-3H3;8,10-11H,4-7H2,1-3H3;2*3-8H,1-2H3/q;;2*+1. The molecule has 45 heavy (non-hydrogen) atoms. The molecular weight excluding hydrogens is 556 g/mol. The Bertz CT molecular complexity index is 929. The first-order valence-corrected chi connectivity index (χ1v) is 16.7. The monoisotopic (exact) mass is 627 g/mol. The molecule has 0 aliphatic carbocycles. The van der Waals surface area contributed by atoms with Crippen LogP contribution in [0.1, 0.15) is 94.2 Å². The van der Waals surface area contributed by atoms with Crippen LogP contribution < -0.4 is 41.0 Å². The van der Waals surface area contributed by atoms with Crippen molar-refractivity contribution >= 4 is 0 Å². The summed E-state index contributed by atoms with van der Waals surface area (Å²) in [4.78, 5) is 0. The molecule has 6 N–H and O–H groups in total. The van der Waals surface area contributed by atoms with E-state index in [4.69, 9.17) is 0 Å². The van der Waals surface area contributed by atoms with Crippen molar-refractivity contribution in [3.8, 4) is 0 Å². The number of hydrogen-bond donors (Lipinski definition) is 6. The molecule has 0 spiro atoms. The molecule has 0 amide bonds. The highest BCUT2D eigenvalue weighted by Gasteiger charge is 2.01. The summed E-state index contributed by atoms with van der Waals surface area (Å²) in [6.45, 7) is 37.5. The number of nitrogens with zero attached hydrogens (tertiary/aromatic N) is 2. The normalized spacial score (nSPS) is 9.91. The molecule has 0 saturated heterocycles. The molecule has 256 valence electrons. The van der Waals surface area contributed by atoms with E-state index in [1.807, 2.05) is 43.3 Å². The van der Waals surface area contributed by atoms with Gasteiger partial charge in [0.1, 0.15) is 0 Å². The van der Waals surface area contributed by atoms with Crippen LogP contribution >= 0.6 is 0 Å². The van der Waals surface area contributed by atoms with Crippen molar-refractivity contribution < 1.29 is 9.13 Å². The smallest absolute Gasteiger partial charge is 0.169 e. The summed E-state index contributed by atoms with van der Waals surface area (Å²) < 4.78 is 4.33. The van der Waals surface area contributed by atoms with Gasteiger partial charge in [0, 0.05) is 50.4 Å². The fourth-order valence-electron chi connectivity index (χ4n) is 3.41. The SMILES string of the molecule is C=C(NCC)NCCC(C)C.C=C(NCC)NCNC(=C)NCCC(C)C.CC(C)[n+]1ccccc1.CC(C)[n+]1ccccc1. The molecule has 0 bridgehead atoms. The molecule has 2 aromatic rings. The molecule has 0 saturated carbocycles. The third-order valence-corrected chi connectivity index (χ3v) is 6.17. The highest BCUT2D eigenvalue weighted by molar-refractivity contribution is 4.91. The Morgan fingerprint density at radius 3 is 1.07 bits per heavy atom. The molecule has 0 aliphatic rings. The summed E-state index contributed by atoms with van der Waals surface area (Å²) in [5.41, 5.74) is 0. The lowest BCUT2D eigenvalue weighted by atomic mass is 10.1. The van der Waals surface area contributed by atoms with Gasteiger partial charge < -0.3 is 31.9 Å². The van der Waals surface area contributed by atoms with Crippen LogP contribution in [-0.4, -0.2) is 32.8 Å². The van der Waals surface area contributed by atoms with E-state index in [0.717, 1.165) is 56.0 Å². The van der Waals surface area contributed by atoms with Gasteiger partial charge in [0.25, 0.3) is 0 Å². The highest BCUT2D eigenvalue weighted by Crippen LogP contribution is 1.97. The fraction of sp³-hybridized carbons (Fsp3) is 0.568. The number of aromatic nitrogens is 2. The van der Waals surface area contributed by atoms with Gasteiger partial charge >= 0.3 is 0 Å². The van der Waals surface area contributed by atoms with Crippen molar-refractivity contribution in [3.63, 3.8) is 0 Å². The van der Waals surface area contributed by atoms with Crippen molar-refractivity contribution in [2.75, 3.05) is 32.8 Å². The average Bonchev–Trinajstić information content (AvgIpc) is 2.99. The molecule has 8 heteroatoms. The van der Waals surface area contributed by atoms with Gasteiger partial charge in [-0.05, 0) is 66.2 Å². The zero-order chi connectivity index (χ0) is 34.5. The predicted molar refractivity (Wildman–Crippen MR) is 195 cm³/mol. The van der Waals surface area contributed by atoms with Crippen LogP contribution in [0.25, 0.3) is 0 Å². The Balaban J connectivity index is 0. The van der Waals surface area contributed by atoms with Crippen LogP contribution in [0.4, 0.5) is 0 Å². The molecule has 0 aromatic carbocycles. The minimum atomic E-state index is 0.575. The molecule has 0 fully saturated rings. The molecule has 0 aliphatic heterocycles. The lowest BCUT2D eigenvalue weighted by molar-refractivity contribution is -0.716. The Hall–Kier alpha value is -3.68. The maximum absolute atomic E-state index is 3.88. The Morgan fingerprint density at radius 2 is 0.800 bits per heavy atom. The first kappa shape index (κ1) is 43.4. The number of rotatable bonds is 18. The molecule has 0 unspecified atom stereocenters. The van der Waals surface area contributed by atoms with Gasteiger partial charge in [-0.2, -0.15) is 0 Å². The Kier molecular flexibility index (Phi) is 28.1. The third-order valence-electron chi connectivity index (χ3n) is 6.17. The van der Waals surface area contributed by atoms with Crippen molar-refractivity contribution in [2.24, 2.45) is 11.8 Å². The van der Waals surface area contributed by atoms with Gasteiger partial charge in [0.05, 0.1) is 24.1 Å². The summed E-state index contributed by atoms with van der Waals surface area (Å²) in [5, 5.41) is 18.9. The summed E-state index contributed by atoms with van der Waals surface area (Å²) in [6, 6.07) is 13.4. The maximum Gasteiger partial charge on any atom is 0.169 e. The Morgan fingerprint density at radius 1 is 0.489 bits per heavy atom. The summed E-state index contributed by atoms with van der Waals surface area (Å²) >= 11 is 0. The van der Waals surface area contributed by atoms with Gasteiger partial charge in [-0.15, -0.1) is 0 Å². The molecule has 0 radical (unpaired) electrons. The van der Waals surface area contributed by atoms with Crippen molar-refractivity contribution in [3.05, 3.63) is 98.4 Å². The van der Waals surface area contributed by atoms with Crippen LogP contribution in [0.15, 0.2) is 98.4 Å². The van der Waals surface area contributed by atoms with Crippen LogP contribution in [0.2, 0.25) is 0 Å². The average molecular weight is 627 g/mol. The Labute approximate surface area is 277 Å². The zero-order valence-corrected chi connectivity index (χ0v) is 30.5. The molecule has 0 atom stereocenters. The van der Waals surface area contributed by atoms with Crippen molar-refractivity contribution in [2.45, 2.75) is 94.2 Å². The zero-order valence-electron chi connectivity index (χ0n) is 30.5.